The molecule has 1 N–H and O–H groups in total. The van der Waals surface area contributed by atoms with Crippen molar-refractivity contribution in [3.05, 3.63) is 52.3 Å². The minimum atomic E-state index is -4.36. The fourth-order valence-corrected chi connectivity index (χ4v) is 5.02. The number of rotatable bonds is 3. The number of aromatic nitrogens is 2. The topological polar surface area (TPSA) is 52.2 Å². The van der Waals surface area contributed by atoms with Crippen molar-refractivity contribution in [2.75, 3.05) is 25.9 Å². The lowest BCUT2D eigenvalue weighted by Crippen LogP contribution is -2.39. The molecule has 4 rings (SSSR count). The van der Waals surface area contributed by atoms with Gasteiger partial charge in [0.2, 0.25) is 0 Å². The summed E-state index contributed by atoms with van der Waals surface area (Å²) < 4.78 is 42.3. The van der Waals surface area contributed by atoms with Crippen molar-refractivity contribution >= 4 is 17.9 Å². The van der Waals surface area contributed by atoms with E-state index >= 15 is 0 Å². The fraction of sp³-hybridized carbons (Fsp3) is 0.524. The maximum atomic E-state index is 13.4. The molecule has 1 aromatic heterocycles. The Morgan fingerprint density at radius 2 is 1.93 bits per heavy atom. The minimum Gasteiger partial charge on any atom is -0.337 e. The zero-order chi connectivity index (χ0) is 21.3. The number of nitrogens with one attached hydrogen (secondary N) is 1. The van der Waals surface area contributed by atoms with Gasteiger partial charge in [-0.1, -0.05) is 30.1 Å². The maximum Gasteiger partial charge on any atom is 0.416 e. The quantitative estimate of drug-likeness (QED) is 0.719. The molecule has 2 aliphatic rings. The Kier molecular flexibility index (Phi) is 6.11. The van der Waals surface area contributed by atoms with Crippen LogP contribution in [0.2, 0.25) is 0 Å². The van der Waals surface area contributed by atoms with Gasteiger partial charge in [0.15, 0.2) is 5.69 Å². The molecule has 1 aromatic carbocycles. The summed E-state index contributed by atoms with van der Waals surface area (Å²) in [4.78, 5) is 14.9. The molecule has 1 fully saturated rings. The lowest BCUT2D eigenvalue weighted by atomic mass is 9.86. The lowest BCUT2D eigenvalue weighted by molar-refractivity contribution is -0.138. The Bertz CT molecular complexity index is 906. The van der Waals surface area contributed by atoms with Gasteiger partial charge in [-0.25, -0.2) is 4.31 Å². The van der Waals surface area contributed by atoms with Crippen LogP contribution < -0.4 is 0 Å². The van der Waals surface area contributed by atoms with Crippen molar-refractivity contribution in [3.63, 3.8) is 0 Å². The molecule has 0 spiro atoms. The van der Waals surface area contributed by atoms with Crippen LogP contribution in [0.4, 0.5) is 13.2 Å². The first kappa shape index (κ1) is 21.2. The minimum absolute atomic E-state index is 0.127. The second kappa shape index (κ2) is 8.63. The van der Waals surface area contributed by atoms with Crippen molar-refractivity contribution in [3.8, 4) is 0 Å². The molecule has 9 heteroatoms. The number of hydrogen-bond donors (Lipinski definition) is 1. The number of alkyl halides is 3. The van der Waals surface area contributed by atoms with Crippen LogP contribution in [-0.2, 0) is 19.1 Å². The highest BCUT2D eigenvalue weighted by Crippen LogP contribution is 2.39. The highest BCUT2D eigenvalue weighted by Gasteiger charge is 2.36. The van der Waals surface area contributed by atoms with E-state index in [1.165, 1.54) is 6.07 Å². The summed E-state index contributed by atoms with van der Waals surface area (Å²) in [5.41, 5.74) is 2.20. The van der Waals surface area contributed by atoms with Gasteiger partial charge in [-0.05, 0) is 49.5 Å². The van der Waals surface area contributed by atoms with E-state index in [9.17, 15) is 18.0 Å². The molecule has 1 amide bonds. The predicted octanol–water partition coefficient (Wildman–Crippen LogP) is 4.47. The summed E-state index contributed by atoms with van der Waals surface area (Å²) in [5, 5.41) is 7.34. The number of hydrogen-bond acceptors (Lipinski definition) is 4. The number of likely N-dealkylation sites (tertiary alicyclic amines) is 1. The summed E-state index contributed by atoms with van der Waals surface area (Å²) in [6.07, 6.45) is 0.566. The van der Waals surface area contributed by atoms with E-state index in [0.717, 1.165) is 36.7 Å². The normalized spacial score (nSPS) is 18.9. The molecule has 0 saturated carbocycles. The van der Waals surface area contributed by atoms with Crippen molar-refractivity contribution in [2.24, 2.45) is 0 Å². The van der Waals surface area contributed by atoms with Gasteiger partial charge in [-0.15, -0.1) is 0 Å². The van der Waals surface area contributed by atoms with Crippen LogP contribution in [0, 0.1) is 0 Å². The SMILES string of the molecule is CSN1CCCc2[nH]nc(C(=O)N3CCC(c4ccccc4C(F)(F)F)CC3)c2C1. The van der Waals surface area contributed by atoms with E-state index < -0.39 is 11.7 Å². The summed E-state index contributed by atoms with van der Waals surface area (Å²) in [5.74, 6) is -0.326. The number of piperidine rings is 1. The van der Waals surface area contributed by atoms with Crippen LogP contribution in [-0.4, -0.2) is 51.2 Å². The van der Waals surface area contributed by atoms with E-state index in [4.69, 9.17) is 0 Å². The van der Waals surface area contributed by atoms with Gasteiger partial charge in [0.05, 0.1) is 5.56 Å². The van der Waals surface area contributed by atoms with Crippen LogP contribution in [0.5, 0.6) is 0 Å². The van der Waals surface area contributed by atoms with Crippen LogP contribution in [0.25, 0.3) is 0 Å². The van der Waals surface area contributed by atoms with Crippen LogP contribution in [0.15, 0.2) is 24.3 Å². The van der Waals surface area contributed by atoms with Gasteiger partial charge in [-0.3, -0.25) is 9.89 Å². The Balaban J connectivity index is 1.47. The molecule has 162 valence electrons. The van der Waals surface area contributed by atoms with Gasteiger partial charge in [0, 0.05) is 37.4 Å². The standard InChI is InChI=1S/C21H25F3N4OS/c1-30-28-10-4-7-18-16(13-28)19(26-25-18)20(29)27-11-8-14(9-12-27)15-5-2-3-6-17(15)21(22,23)24/h2-3,5-6,14H,4,7-13H2,1H3,(H,25,26). The molecule has 3 heterocycles. The van der Waals surface area contributed by atoms with Gasteiger partial charge in [-0.2, -0.15) is 18.3 Å². The number of carbonyl (C=O) groups excluding carboxylic acids is 1. The fourth-order valence-electron chi connectivity index (χ4n) is 4.45. The average Bonchev–Trinajstić information content (AvgIpc) is 3.02. The number of nitrogens with zero attached hydrogens (tertiary/aromatic N) is 3. The molecule has 2 aliphatic heterocycles. The summed E-state index contributed by atoms with van der Waals surface area (Å²) >= 11 is 1.66. The summed E-state index contributed by atoms with van der Waals surface area (Å²) in [6, 6.07) is 5.78. The van der Waals surface area contributed by atoms with E-state index in [2.05, 4.69) is 14.5 Å². The number of halogens is 3. The third kappa shape index (κ3) is 4.23. The first-order valence-corrected chi connectivity index (χ1v) is 11.4. The largest absolute Gasteiger partial charge is 0.416 e. The molecule has 5 nitrogen and oxygen atoms in total. The van der Waals surface area contributed by atoms with Crippen molar-refractivity contribution in [2.45, 2.75) is 44.3 Å². The first-order valence-electron chi connectivity index (χ1n) is 10.2. The van der Waals surface area contributed by atoms with Gasteiger partial charge < -0.3 is 4.90 Å². The zero-order valence-electron chi connectivity index (χ0n) is 16.8. The molecular formula is C21H25F3N4OS. The Morgan fingerprint density at radius 3 is 2.63 bits per heavy atom. The Morgan fingerprint density at radius 1 is 1.20 bits per heavy atom. The molecule has 0 unspecified atom stereocenters. The second-order valence-electron chi connectivity index (χ2n) is 7.83. The maximum absolute atomic E-state index is 13.4. The lowest BCUT2D eigenvalue weighted by Gasteiger charge is -2.33. The highest BCUT2D eigenvalue weighted by atomic mass is 32.2. The van der Waals surface area contributed by atoms with Gasteiger partial charge in [0.1, 0.15) is 0 Å². The van der Waals surface area contributed by atoms with Crippen molar-refractivity contribution in [1.82, 2.24) is 19.4 Å². The van der Waals surface area contributed by atoms with Crippen LogP contribution in [0.1, 0.15) is 58.1 Å². The Labute approximate surface area is 178 Å². The third-order valence-corrected chi connectivity index (χ3v) is 6.90. The number of H-pyrrole nitrogens is 1. The highest BCUT2D eigenvalue weighted by molar-refractivity contribution is 7.96. The number of amides is 1. The monoisotopic (exact) mass is 438 g/mol. The number of fused-ring (bicyclic) bond motifs is 1. The molecule has 1 saturated heterocycles. The van der Waals surface area contributed by atoms with Crippen LogP contribution in [0.3, 0.4) is 0 Å². The van der Waals surface area contributed by atoms with Crippen molar-refractivity contribution < 1.29 is 18.0 Å². The molecule has 0 aliphatic carbocycles. The van der Waals surface area contributed by atoms with E-state index in [-0.39, 0.29) is 11.8 Å². The second-order valence-corrected chi connectivity index (χ2v) is 8.71. The number of benzene rings is 1. The smallest absolute Gasteiger partial charge is 0.337 e. The Hall–Kier alpha value is -2.00. The number of aromatic amines is 1. The molecular weight excluding hydrogens is 413 g/mol. The van der Waals surface area contributed by atoms with Crippen molar-refractivity contribution in [1.29, 1.82) is 0 Å². The molecule has 0 bridgehead atoms. The summed E-state index contributed by atoms with van der Waals surface area (Å²) in [6.45, 7) is 2.50. The first-order chi connectivity index (χ1) is 14.4. The number of carbonyl (C=O) groups is 1. The van der Waals surface area contributed by atoms with Gasteiger partial charge in [0.25, 0.3) is 5.91 Å². The molecule has 0 atom stereocenters. The summed E-state index contributed by atoms with van der Waals surface area (Å²) in [7, 11) is 0. The predicted molar refractivity (Wildman–Crippen MR) is 110 cm³/mol. The van der Waals surface area contributed by atoms with Gasteiger partial charge >= 0.3 is 6.18 Å². The molecule has 0 radical (unpaired) electrons. The molecule has 30 heavy (non-hydrogen) atoms. The van der Waals surface area contributed by atoms with E-state index in [0.29, 0.717) is 43.7 Å². The molecule has 2 aromatic rings. The van der Waals surface area contributed by atoms with Crippen LogP contribution >= 0.6 is 11.9 Å². The van der Waals surface area contributed by atoms with E-state index in [1.807, 2.05) is 6.26 Å². The number of aryl methyl sites for hydroxylation is 1. The third-order valence-electron chi connectivity index (χ3n) is 6.07. The zero-order valence-corrected chi connectivity index (χ0v) is 17.7. The average molecular weight is 439 g/mol. The van der Waals surface area contributed by atoms with E-state index in [1.54, 1.807) is 29.0 Å².